The zero-order valence-corrected chi connectivity index (χ0v) is 35.8. The van der Waals surface area contributed by atoms with Crippen LogP contribution in [0.4, 0.5) is 105 Å². The van der Waals surface area contributed by atoms with E-state index in [0.29, 0.717) is 11.1 Å². The van der Waals surface area contributed by atoms with E-state index in [0.717, 1.165) is 0 Å². The Hall–Kier alpha value is -7.21. The van der Waals surface area contributed by atoms with E-state index >= 15 is 0 Å². The maximum absolute atomic E-state index is 14.2. The number of halogens is 24. The molecule has 0 N–H and O–H groups in total. The molecule has 6 rings (SSSR count). The molecule has 1 aromatic heterocycles. The zero-order valence-electron chi connectivity index (χ0n) is 35.8. The number of nitrogens with zero attached hydrogens (tertiary/aromatic N) is 2. The number of carbonyl (C=O) groups excluding carboxylic acids is 1. The maximum atomic E-state index is 14.2. The smallest absolute Gasteiger partial charge is 0.287 e. The minimum atomic E-state index is -6.13. The number of carbonyl (C=O) groups is 1. The Balaban J connectivity index is 0.000000500. The van der Waals surface area contributed by atoms with Gasteiger partial charge in [0.2, 0.25) is 12.3 Å². The summed E-state index contributed by atoms with van der Waals surface area (Å²) in [6, 6.07) is 5.78. The number of alkyl halides is 24. The van der Waals surface area contributed by atoms with Crippen LogP contribution in [0, 0.1) is 11.3 Å². The zero-order chi connectivity index (χ0) is 56.0. The molecule has 6 aromatic rings. The molecule has 28 heteroatoms. The van der Waals surface area contributed by atoms with Gasteiger partial charge in [0.25, 0.3) is 0 Å². The van der Waals surface area contributed by atoms with Crippen molar-refractivity contribution >= 4 is 33.8 Å². The molecule has 0 aliphatic heterocycles. The molecule has 0 fully saturated rings. The molecule has 5 aromatic carbocycles. The van der Waals surface area contributed by atoms with E-state index in [1.54, 1.807) is 41.2 Å². The summed E-state index contributed by atoms with van der Waals surface area (Å²) < 4.78 is 343. The van der Waals surface area contributed by atoms with Gasteiger partial charge in [0.15, 0.2) is 12.4 Å². The largest absolute Gasteiger partial charge is 0.416 e. The first-order valence-electron chi connectivity index (χ1n) is 19.9. The number of hydrogen-bond acceptors (Lipinski definition) is 2. The molecule has 3 nitrogen and oxygen atoms in total. The van der Waals surface area contributed by atoms with Crippen LogP contribution in [0.3, 0.4) is 0 Å². The Bertz CT molecular complexity index is 2610. The second-order valence-corrected chi connectivity index (χ2v) is 15.9. The Morgan fingerprint density at radius 3 is 0.811 bits per heavy atom. The molecule has 0 saturated heterocycles. The fourth-order valence-electron chi connectivity index (χ4n) is 7.59. The van der Waals surface area contributed by atoms with E-state index in [4.69, 9.17) is 5.26 Å². The Morgan fingerprint density at radius 1 is 0.378 bits per heavy atom. The maximum Gasteiger partial charge on any atom is 0.416 e. The van der Waals surface area contributed by atoms with Gasteiger partial charge in [-0.05, 0) is 24.3 Å². The lowest BCUT2D eigenvalue weighted by atomic mass is 9.12. The van der Waals surface area contributed by atoms with Crippen molar-refractivity contribution < 1.29 is 115 Å². The van der Waals surface area contributed by atoms with E-state index in [-0.39, 0.29) is 12.3 Å². The second kappa shape index (κ2) is 19.9. The molecule has 0 saturated carbocycles. The van der Waals surface area contributed by atoms with E-state index in [1.807, 2.05) is 24.3 Å². The number of hydrogen-bond donors (Lipinski definition) is 0. The van der Waals surface area contributed by atoms with Gasteiger partial charge in [-0.2, -0.15) is 137 Å². The summed E-state index contributed by atoms with van der Waals surface area (Å²) >= 11 is 0. The van der Waals surface area contributed by atoms with Crippen LogP contribution in [-0.2, 0) is 56.0 Å². The van der Waals surface area contributed by atoms with Crippen LogP contribution in [-0.4, -0.2) is 11.9 Å². The van der Waals surface area contributed by atoms with Crippen molar-refractivity contribution in [3.05, 3.63) is 183 Å². The molecular weight excluding hydrogens is 1060 g/mol. The Kier molecular flexibility index (Phi) is 15.5. The highest BCUT2D eigenvalue weighted by molar-refractivity contribution is 7.20. The molecule has 0 amide bonds. The van der Waals surface area contributed by atoms with Crippen molar-refractivity contribution in [3.63, 3.8) is 0 Å². The molecular formula is C46H23BF24N2O. The molecule has 1 heterocycles. The van der Waals surface area contributed by atoms with E-state index in [1.165, 1.54) is 0 Å². The van der Waals surface area contributed by atoms with Crippen molar-refractivity contribution in [1.29, 1.82) is 5.26 Å². The predicted molar refractivity (Wildman–Crippen MR) is 212 cm³/mol. The van der Waals surface area contributed by atoms with E-state index < -0.39 is 195 Å². The van der Waals surface area contributed by atoms with Crippen molar-refractivity contribution in [3.8, 4) is 6.07 Å². The molecule has 0 atom stereocenters. The van der Waals surface area contributed by atoms with Gasteiger partial charge in [0.1, 0.15) is 6.15 Å². The normalized spacial score (nSPS) is 13.2. The summed E-state index contributed by atoms with van der Waals surface area (Å²) in [7, 11) is 0. The lowest BCUT2D eigenvalue weighted by molar-refractivity contribution is -0.683. The average molecular weight is 1090 g/mol. The first kappa shape index (κ1) is 57.7. The van der Waals surface area contributed by atoms with Crippen molar-refractivity contribution in [2.45, 2.75) is 56.0 Å². The summed E-state index contributed by atoms with van der Waals surface area (Å²) in [5.41, 5.74) is -28.9. The van der Waals surface area contributed by atoms with Gasteiger partial charge in [-0.3, -0.25) is 4.79 Å². The van der Waals surface area contributed by atoms with Gasteiger partial charge >= 0.3 is 49.4 Å². The molecule has 0 unspecified atom stereocenters. The number of nitriles is 1. The number of rotatable bonds is 7. The van der Waals surface area contributed by atoms with Gasteiger partial charge < -0.3 is 0 Å². The van der Waals surface area contributed by atoms with Gasteiger partial charge in [0, 0.05) is 17.7 Å². The third-order valence-corrected chi connectivity index (χ3v) is 10.9. The quantitative estimate of drug-likeness (QED) is 0.0692. The fourth-order valence-corrected chi connectivity index (χ4v) is 7.59. The van der Waals surface area contributed by atoms with Crippen LogP contribution in [0.5, 0.6) is 0 Å². The predicted octanol–water partition coefficient (Wildman–Crippen LogP) is 12.9. The lowest BCUT2D eigenvalue weighted by Crippen LogP contribution is -2.75. The summed E-state index contributed by atoms with van der Waals surface area (Å²) in [5, 5.41) is 8.66. The SMILES string of the molecule is FC(F)(F)c1cc([B-](c2cc(C(F)(F)F)cc(C(F)(F)F)c2)(c2cc(C(F)(F)F)cc(C(F)(F)F)c2)c2cc(C(F)(F)F)cc(C(F)(F)F)c2)cc(C(F)(F)F)c1.N#Cc1cc[n+](CC(=O)c2ccccc2)cc1. The van der Waals surface area contributed by atoms with Gasteiger partial charge in [-0.25, -0.2) is 0 Å². The average Bonchev–Trinajstić information content (AvgIpc) is 3.27. The molecule has 0 radical (unpaired) electrons. The number of ketones is 1. The van der Waals surface area contributed by atoms with Crippen molar-refractivity contribution in [1.82, 2.24) is 0 Å². The highest BCUT2D eigenvalue weighted by Gasteiger charge is 2.47. The standard InChI is InChI=1S/C32H12BF24.C14H11N2O/c34-25(35,36)13-1-14(26(37,38)39)6-21(5-13)33(22-7-15(27(40,41)42)2-16(8-22)28(43,44)45,23-9-17(29(46,47)48)3-18(10-23)30(49,50)51)24-11-19(31(52,53)54)4-20(12-24)32(55,56)57;15-10-12-6-8-16(9-7-12)11-14(17)13-4-2-1-3-5-13/h1-12H;1-9H,11H2/q-1;+1. The van der Waals surface area contributed by atoms with Gasteiger partial charge in [0.05, 0.1) is 56.1 Å². The Labute approximate surface area is 398 Å². The van der Waals surface area contributed by atoms with Gasteiger partial charge in [-0.15, -0.1) is 0 Å². The summed E-state index contributed by atoms with van der Waals surface area (Å²) in [5.74, 6) is 0.0558. The summed E-state index contributed by atoms with van der Waals surface area (Å²) in [4.78, 5) is 11.9. The summed E-state index contributed by atoms with van der Waals surface area (Å²) in [6.45, 7) is 0.287. The van der Waals surface area contributed by atoms with Crippen LogP contribution in [0.15, 0.2) is 128 Å². The van der Waals surface area contributed by atoms with Crippen LogP contribution in [0.2, 0.25) is 0 Å². The van der Waals surface area contributed by atoms with Crippen LogP contribution in [0.25, 0.3) is 0 Å². The molecule has 0 aliphatic rings. The number of aromatic nitrogens is 1. The van der Waals surface area contributed by atoms with E-state index in [9.17, 15) is 110 Å². The molecule has 74 heavy (non-hydrogen) atoms. The molecule has 0 aliphatic carbocycles. The molecule has 0 bridgehead atoms. The third kappa shape index (κ3) is 13.3. The highest BCUT2D eigenvalue weighted by Crippen LogP contribution is 2.41. The Morgan fingerprint density at radius 2 is 0.608 bits per heavy atom. The monoisotopic (exact) mass is 1090 g/mol. The van der Waals surface area contributed by atoms with Crippen LogP contribution >= 0.6 is 0 Å². The van der Waals surface area contributed by atoms with Crippen LogP contribution in [0.1, 0.15) is 60.4 Å². The van der Waals surface area contributed by atoms with Gasteiger partial charge in [-0.1, -0.05) is 78.9 Å². The second-order valence-electron chi connectivity index (χ2n) is 15.9. The number of benzene rings is 5. The first-order valence-corrected chi connectivity index (χ1v) is 19.9. The number of pyridine rings is 1. The molecule has 394 valence electrons. The summed E-state index contributed by atoms with van der Waals surface area (Å²) in [6.07, 6.45) is -51.3. The minimum absolute atomic E-state index is 0.0558. The van der Waals surface area contributed by atoms with Crippen molar-refractivity contribution in [2.75, 3.05) is 0 Å². The van der Waals surface area contributed by atoms with Crippen LogP contribution < -0.4 is 26.4 Å². The van der Waals surface area contributed by atoms with E-state index in [2.05, 4.69) is 0 Å². The molecule has 0 spiro atoms. The number of Topliss-reactive ketones (excluding diaryl/α,β-unsaturated/α-hetero) is 1. The highest BCUT2D eigenvalue weighted by atomic mass is 19.4. The van der Waals surface area contributed by atoms with Crippen molar-refractivity contribution in [2.24, 2.45) is 0 Å². The topological polar surface area (TPSA) is 44.7 Å². The lowest BCUT2D eigenvalue weighted by Gasteiger charge is -2.46. The minimum Gasteiger partial charge on any atom is -0.287 e. The third-order valence-electron chi connectivity index (χ3n) is 10.9. The fraction of sp³-hybridized carbons (Fsp3) is 0.196. The first-order chi connectivity index (χ1) is 33.6.